The van der Waals surface area contributed by atoms with Gasteiger partial charge in [-0.2, -0.15) is 0 Å². The molecule has 2 atom stereocenters. The predicted octanol–water partition coefficient (Wildman–Crippen LogP) is 2.62. The largest absolute Gasteiger partial charge is 0.396 e. The normalized spacial score (nSPS) is 33.6. The number of aliphatic hydroxyl groups is 1. The summed E-state index contributed by atoms with van der Waals surface area (Å²) in [5.41, 5.74) is -0.0950. The molecule has 104 valence electrons. The number of carbonyl (C=O) groups excluding carboxylic acids is 1. The van der Waals surface area contributed by atoms with E-state index in [9.17, 15) is 9.90 Å². The maximum Gasteiger partial charge on any atom is 0.220 e. The minimum Gasteiger partial charge on any atom is -0.396 e. The van der Waals surface area contributed by atoms with E-state index >= 15 is 0 Å². The molecule has 3 heteroatoms. The number of amides is 1. The molecule has 0 aliphatic heterocycles. The standard InChI is InChI=1S/C15H27NO2/c1-15(11-17)9-5-8-13(15)16-14(18)10-12-6-3-2-4-7-12/h12-13,17H,2-11H2,1H3,(H,16,18). The molecule has 0 saturated heterocycles. The quantitative estimate of drug-likeness (QED) is 0.809. The average molecular weight is 253 g/mol. The van der Waals surface area contributed by atoms with Gasteiger partial charge in [0.15, 0.2) is 0 Å². The fourth-order valence-electron chi connectivity index (χ4n) is 3.58. The first kappa shape index (κ1) is 13.9. The van der Waals surface area contributed by atoms with Gasteiger partial charge >= 0.3 is 0 Å². The zero-order valence-electron chi connectivity index (χ0n) is 11.6. The molecule has 18 heavy (non-hydrogen) atoms. The molecular weight excluding hydrogens is 226 g/mol. The first-order valence-electron chi connectivity index (χ1n) is 7.54. The van der Waals surface area contributed by atoms with E-state index < -0.39 is 0 Å². The average Bonchev–Trinajstić information content (AvgIpc) is 2.73. The van der Waals surface area contributed by atoms with Gasteiger partial charge in [0.2, 0.25) is 5.91 Å². The summed E-state index contributed by atoms with van der Waals surface area (Å²) in [7, 11) is 0. The van der Waals surface area contributed by atoms with Crippen molar-refractivity contribution in [3.63, 3.8) is 0 Å². The molecule has 0 heterocycles. The Kier molecular flexibility index (Phi) is 4.66. The van der Waals surface area contributed by atoms with Crippen LogP contribution in [0, 0.1) is 11.3 Å². The monoisotopic (exact) mass is 253 g/mol. The zero-order chi connectivity index (χ0) is 13.0. The lowest BCUT2D eigenvalue weighted by Crippen LogP contribution is -2.45. The van der Waals surface area contributed by atoms with Gasteiger partial charge in [-0.3, -0.25) is 4.79 Å². The van der Waals surface area contributed by atoms with Crippen molar-refractivity contribution in [2.45, 2.75) is 70.8 Å². The minimum absolute atomic E-state index is 0.0950. The van der Waals surface area contributed by atoms with Crippen LogP contribution in [0.1, 0.15) is 64.7 Å². The summed E-state index contributed by atoms with van der Waals surface area (Å²) in [6, 6.07) is 0.179. The van der Waals surface area contributed by atoms with Gasteiger partial charge in [0.05, 0.1) is 6.61 Å². The molecule has 0 radical (unpaired) electrons. The van der Waals surface area contributed by atoms with E-state index in [1.807, 2.05) is 0 Å². The van der Waals surface area contributed by atoms with Gasteiger partial charge < -0.3 is 10.4 Å². The molecule has 0 bridgehead atoms. The third-order valence-electron chi connectivity index (χ3n) is 4.98. The summed E-state index contributed by atoms with van der Waals surface area (Å²) in [6.45, 7) is 2.27. The number of aliphatic hydroxyl groups excluding tert-OH is 1. The van der Waals surface area contributed by atoms with Crippen LogP contribution >= 0.6 is 0 Å². The highest BCUT2D eigenvalue weighted by molar-refractivity contribution is 5.76. The molecular formula is C15H27NO2. The van der Waals surface area contributed by atoms with Gasteiger partial charge in [-0.05, 0) is 31.6 Å². The molecule has 0 aromatic rings. The Morgan fingerprint density at radius 1 is 1.22 bits per heavy atom. The minimum atomic E-state index is -0.0950. The van der Waals surface area contributed by atoms with Gasteiger partial charge in [0.1, 0.15) is 0 Å². The smallest absolute Gasteiger partial charge is 0.220 e. The molecule has 1 amide bonds. The van der Waals surface area contributed by atoms with E-state index in [-0.39, 0.29) is 24.0 Å². The second kappa shape index (κ2) is 6.05. The summed E-state index contributed by atoms with van der Waals surface area (Å²) < 4.78 is 0. The Balaban J connectivity index is 1.79. The van der Waals surface area contributed by atoms with Crippen LogP contribution in [-0.4, -0.2) is 23.7 Å². The zero-order valence-corrected chi connectivity index (χ0v) is 11.6. The third kappa shape index (κ3) is 3.25. The van der Waals surface area contributed by atoms with E-state index in [0.717, 1.165) is 19.3 Å². The maximum atomic E-state index is 12.1. The molecule has 2 aliphatic rings. The number of hydrogen-bond donors (Lipinski definition) is 2. The van der Waals surface area contributed by atoms with E-state index in [1.54, 1.807) is 0 Å². The lowest BCUT2D eigenvalue weighted by atomic mass is 9.84. The SMILES string of the molecule is CC1(CO)CCCC1NC(=O)CC1CCCCC1. The molecule has 2 fully saturated rings. The Morgan fingerprint density at radius 3 is 2.61 bits per heavy atom. The molecule has 2 unspecified atom stereocenters. The van der Waals surface area contributed by atoms with Crippen molar-refractivity contribution in [3.8, 4) is 0 Å². The van der Waals surface area contributed by atoms with E-state index in [0.29, 0.717) is 12.3 Å². The van der Waals surface area contributed by atoms with Crippen LogP contribution in [-0.2, 0) is 4.79 Å². The van der Waals surface area contributed by atoms with Crippen molar-refractivity contribution in [1.29, 1.82) is 0 Å². The van der Waals surface area contributed by atoms with Crippen molar-refractivity contribution >= 4 is 5.91 Å². The van der Waals surface area contributed by atoms with Crippen LogP contribution in [0.5, 0.6) is 0 Å². The predicted molar refractivity (Wildman–Crippen MR) is 72.2 cm³/mol. The summed E-state index contributed by atoms with van der Waals surface area (Å²) in [4.78, 5) is 12.1. The number of carbonyl (C=O) groups is 1. The summed E-state index contributed by atoms with van der Waals surface area (Å²) in [6.07, 6.45) is 10.2. The first-order valence-corrected chi connectivity index (χ1v) is 7.54. The van der Waals surface area contributed by atoms with Crippen molar-refractivity contribution in [2.75, 3.05) is 6.61 Å². The molecule has 3 nitrogen and oxygen atoms in total. The van der Waals surface area contributed by atoms with Crippen molar-refractivity contribution in [2.24, 2.45) is 11.3 Å². The van der Waals surface area contributed by atoms with Gasteiger partial charge in [-0.1, -0.05) is 32.6 Å². The highest BCUT2D eigenvalue weighted by Gasteiger charge is 2.39. The fraction of sp³-hybridized carbons (Fsp3) is 0.933. The first-order chi connectivity index (χ1) is 8.64. The van der Waals surface area contributed by atoms with E-state index in [1.165, 1.54) is 32.1 Å². The van der Waals surface area contributed by atoms with Crippen molar-refractivity contribution < 1.29 is 9.90 Å². The van der Waals surface area contributed by atoms with E-state index in [2.05, 4.69) is 12.2 Å². The molecule has 2 saturated carbocycles. The van der Waals surface area contributed by atoms with Crippen molar-refractivity contribution in [3.05, 3.63) is 0 Å². The van der Waals surface area contributed by atoms with E-state index in [4.69, 9.17) is 0 Å². The highest BCUT2D eigenvalue weighted by atomic mass is 16.3. The number of rotatable bonds is 4. The summed E-state index contributed by atoms with van der Waals surface area (Å²) >= 11 is 0. The molecule has 2 aliphatic carbocycles. The van der Waals surface area contributed by atoms with Gasteiger partial charge in [0, 0.05) is 17.9 Å². The second-order valence-electron chi connectivity index (χ2n) is 6.53. The summed E-state index contributed by atoms with van der Waals surface area (Å²) in [5, 5.41) is 12.6. The lowest BCUT2D eigenvalue weighted by Gasteiger charge is -2.31. The third-order valence-corrected chi connectivity index (χ3v) is 4.98. The van der Waals surface area contributed by atoms with Crippen LogP contribution < -0.4 is 5.32 Å². The maximum absolute atomic E-state index is 12.1. The van der Waals surface area contributed by atoms with Crippen molar-refractivity contribution in [1.82, 2.24) is 5.32 Å². The molecule has 0 spiro atoms. The van der Waals surface area contributed by atoms with Gasteiger partial charge in [-0.15, -0.1) is 0 Å². The fourth-order valence-corrected chi connectivity index (χ4v) is 3.58. The Hall–Kier alpha value is -0.570. The van der Waals surface area contributed by atoms with Crippen LogP contribution in [0.15, 0.2) is 0 Å². The van der Waals surface area contributed by atoms with Crippen LogP contribution in [0.2, 0.25) is 0 Å². The highest BCUT2D eigenvalue weighted by Crippen LogP contribution is 2.37. The summed E-state index contributed by atoms with van der Waals surface area (Å²) in [5.74, 6) is 0.800. The molecule has 0 aromatic heterocycles. The van der Waals surface area contributed by atoms with Gasteiger partial charge in [-0.25, -0.2) is 0 Å². The number of hydrogen-bond acceptors (Lipinski definition) is 2. The lowest BCUT2D eigenvalue weighted by molar-refractivity contribution is -0.123. The second-order valence-corrected chi connectivity index (χ2v) is 6.53. The molecule has 0 aromatic carbocycles. The topological polar surface area (TPSA) is 49.3 Å². The Labute approximate surface area is 110 Å². The van der Waals surface area contributed by atoms with Crippen LogP contribution in [0.3, 0.4) is 0 Å². The number of nitrogens with one attached hydrogen (secondary N) is 1. The van der Waals surface area contributed by atoms with Gasteiger partial charge in [0.25, 0.3) is 0 Å². The van der Waals surface area contributed by atoms with Crippen LogP contribution in [0.25, 0.3) is 0 Å². The Morgan fingerprint density at radius 2 is 1.94 bits per heavy atom. The molecule has 2 N–H and O–H groups in total. The molecule has 2 rings (SSSR count). The van der Waals surface area contributed by atoms with Crippen LogP contribution in [0.4, 0.5) is 0 Å². The Bertz CT molecular complexity index is 286.